The summed E-state index contributed by atoms with van der Waals surface area (Å²) in [5.74, 6) is 0.713. The normalized spacial score (nSPS) is 12.1. The molecule has 94 valence electrons. The average molecular weight is 278 g/mol. The van der Waals surface area contributed by atoms with E-state index < -0.39 is 0 Å². The Labute approximate surface area is 115 Å². The molecule has 2 aromatic rings. The van der Waals surface area contributed by atoms with Gasteiger partial charge in [-0.1, -0.05) is 12.2 Å². The van der Waals surface area contributed by atoms with E-state index in [1.165, 1.54) is 0 Å². The van der Waals surface area contributed by atoms with E-state index in [1.54, 1.807) is 23.7 Å². The molecular formula is C12H14N4S2. The number of thiocarbonyl (C=S) groups is 1. The second-order valence-corrected chi connectivity index (χ2v) is 5.32. The van der Waals surface area contributed by atoms with Crippen LogP contribution in [0.15, 0.2) is 23.8 Å². The molecule has 2 heterocycles. The van der Waals surface area contributed by atoms with Gasteiger partial charge in [-0.15, -0.1) is 11.3 Å². The molecular weight excluding hydrogens is 264 g/mol. The van der Waals surface area contributed by atoms with Crippen molar-refractivity contribution in [2.45, 2.75) is 19.9 Å². The van der Waals surface area contributed by atoms with E-state index in [2.05, 4.69) is 15.3 Å². The van der Waals surface area contributed by atoms with Gasteiger partial charge in [0.2, 0.25) is 0 Å². The minimum atomic E-state index is 0.0763. The molecule has 1 atom stereocenters. The van der Waals surface area contributed by atoms with Crippen molar-refractivity contribution in [2.75, 3.05) is 5.32 Å². The average Bonchev–Trinajstić information content (AvgIpc) is 2.81. The van der Waals surface area contributed by atoms with Gasteiger partial charge >= 0.3 is 0 Å². The second kappa shape index (κ2) is 5.41. The lowest BCUT2D eigenvalue weighted by molar-refractivity contribution is 0.859. The number of rotatable bonds is 4. The van der Waals surface area contributed by atoms with E-state index in [-0.39, 0.29) is 6.04 Å². The maximum Gasteiger partial charge on any atom is 0.137 e. The number of aromatic nitrogens is 2. The molecule has 0 aromatic carbocycles. The van der Waals surface area contributed by atoms with Gasteiger partial charge < -0.3 is 11.1 Å². The highest BCUT2D eigenvalue weighted by molar-refractivity contribution is 7.80. The summed E-state index contributed by atoms with van der Waals surface area (Å²) in [7, 11) is 0. The number of pyridine rings is 1. The number of nitrogens with one attached hydrogen (secondary N) is 1. The second-order valence-electron chi connectivity index (χ2n) is 3.95. The van der Waals surface area contributed by atoms with Gasteiger partial charge in [-0.25, -0.2) is 9.97 Å². The first-order valence-electron chi connectivity index (χ1n) is 5.51. The van der Waals surface area contributed by atoms with Crippen molar-refractivity contribution in [3.05, 3.63) is 40.0 Å². The lowest BCUT2D eigenvalue weighted by atomic mass is 10.1. The van der Waals surface area contributed by atoms with Crippen molar-refractivity contribution >= 4 is 34.4 Å². The molecule has 1 unspecified atom stereocenters. The third-order valence-corrected chi connectivity index (χ3v) is 3.74. The van der Waals surface area contributed by atoms with Crippen molar-refractivity contribution < 1.29 is 0 Å². The Bertz CT molecular complexity index is 551. The first kappa shape index (κ1) is 12.9. The molecule has 0 spiro atoms. The van der Waals surface area contributed by atoms with Crippen LogP contribution in [0.4, 0.5) is 5.82 Å². The van der Waals surface area contributed by atoms with Crippen molar-refractivity contribution in [3.8, 4) is 0 Å². The third kappa shape index (κ3) is 2.65. The molecule has 4 nitrogen and oxygen atoms in total. The van der Waals surface area contributed by atoms with Gasteiger partial charge in [0.15, 0.2) is 0 Å². The van der Waals surface area contributed by atoms with E-state index in [0.717, 1.165) is 16.1 Å². The molecule has 0 radical (unpaired) electrons. The van der Waals surface area contributed by atoms with Crippen molar-refractivity contribution in [2.24, 2.45) is 5.73 Å². The van der Waals surface area contributed by atoms with Gasteiger partial charge in [-0.3, -0.25) is 0 Å². The zero-order chi connectivity index (χ0) is 13.1. The first-order valence-corrected chi connectivity index (χ1v) is 6.79. The van der Waals surface area contributed by atoms with E-state index in [4.69, 9.17) is 18.0 Å². The number of nitrogens with zero attached hydrogens (tertiary/aromatic N) is 2. The van der Waals surface area contributed by atoms with E-state index in [9.17, 15) is 0 Å². The summed E-state index contributed by atoms with van der Waals surface area (Å²) < 4.78 is 0. The Morgan fingerprint density at radius 3 is 2.83 bits per heavy atom. The fourth-order valence-corrected chi connectivity index (χ4v) is 2.60. The maximum atomic E-state index is 5.75. The summed E-state index contributed by atoms with van der Waals surface area (Å²) >= 11 is 6.68. The zero-order valence-electron chi connectivity index (χ0n) is 10.2. The number of anilines is 1. The molecule has 0 saturated heterocycles. The molecule has 0 saturated carbocycles. The van der Waals surface area contributed by atoms with Gasteiger partial charge in [0, 0.05) is 17.8 Å². The lowest BCUT2D eigenvalue weighted by Crippen LogP contribution is -2.17. The van der Waals surface area contributed by atoms with Crippen LogP contribution < -0.4 is 11.1 Å². The number of nitrogens with two attached hydrogens (primary N) is 1. The molecule has 2 rings (SSSR count). The van der Waals surface area contributed by atoms with Crippen LogP contribution in [0.5, 0.6) is 0 Å². The van der Waals surface area contributed by atoms with Crippen LogP contribution in [0.2, 0.25) is 0 Å². The van der Waals surface area contributed by atoms with Crippen LogP contribution in [0, 0.1) is 6.92 Å². The molecule has 0 bridgehead atoms. The molecule has 0 amide bonds. The summed E-state index contributed by atoms with van der Waals surface area (Å²) in [5, 5.41) is 6.26. The van der Waals surface area contributed by atoms with Gasteiger partial charge in [0.25, 0.3) is 0 Å². The van der Waals surface area contributed by atoms with Crippen LogP contribution in [0.3, 0.4) is 0 Å². The molecule has 3 N–H and O–H groups in total. The Morgan fingerprint density at radius 1 is 1.44 bits per heavy atom. The van der Waals surface area contributed by atoms with Gasteiger partial charge in [0.05, 0.1) is 11.6 Å². The monoisotopic (exact) mass is 278 g/mol. The Morgan fingerprint density at radius 2 is 2.22 bits per heavy atom. The van der Waals surface area contributed by atoms with Gasteiger partial charge in [-0.05, 0) is 25.5 Å². The lowest BCUT2D eigenvalue weighted by Gasteiger charge is -2.16. The summed E-state index contributed by atoms with van der Waals surface area (Å²) in [4.78, 5) is 8.94. The zero-order valence-corrected chi connectivity index (χ0v) is 11.8. The van der Waals surface area contributed by atoms with Crippen molar-refractivity contribution in [1.82, 2.24) is 9.97 Å². The highest BCUT2D eigenvalue weighted by Crippen LogP contribution is 2.23. The SMILES string of the molecule is Cc1ccnc(NC(C)c2nccs2)c1C(N)=S. The third-order valence-electron chi connectivity index (χ3n) is 2.58. The van der Waals surface area contributed by atoms with E-state index >= 15 is 0 Å². The highest BCUT2D eigenvalue weighted by atomic mass is 32.1. The number of hydrogen-bond donors (Lipinski definition) is 2. The molecule has 18 heavy (non-hydrogen) atoms. The topological polar surface area (TPSA) is 63.8 Å². The fraction of sp³-hybridized carbons (Fsp3) is 0.250. The Kier molecular flexibility index (Phi) is 3.88. The number of thiazole rings is 1. The largest absolute Gasteiger partial charge is 0.389 e. The molecule has 6 heteroatoms. The van der Waals surface area contributed by atoms with E-state index in [1.807, 2.05) is 25.3 Å². The summed E-state index contributed by atoms with van der Waals surface area (Å²) in [5.41, 5.74) is 7.57. The summed E-state index contributed by atoms with van der Waals surface area (Å²) in [6.07, 6.45) is 3.53. The minimum absolute atomic E-state index is 0.0763. The quantitative estimate of drug-likeness (QED) is 0.842. The van der Waals surface area contributed by atoms with Crippen LogP contribution in [-0.2, 0) is 0 Å². The summed E-state index contributed by atoms with van der Waals surface area (Å²) in [6.45, 7) is 4.00. The Balaban J connectivity index is 2.29. The molecule has 0 aliphatic rings. The molecule has 0 aliphatic carbocycles. The van der Waals surface area contributed by atoms with Crippen molar-refractivity contribution in [1.29, 1.82) is 0 Å². The predicted molar refractivity (Wildman–Crippen MR) is 79.0 cm³/mol. The van der Waals surface area contributed by atoms with Crippen LogP contribution >= 0.6 is 23.6 Å². The van der Waals surface area contributed by atoms with Crippen LogP contribution in [0.1, 0.15) is 29.1 Å². The van der Waals surface area contributed by atoms with Gasteiger partial charge in [-0.2, -0.15) is 0 Å². The number of aryl methyl sites for hydroxylation is 1. The van der Waals surface area contributed by atoms with Crippen LogP contribution in [0.25, 0.3) is 0 Å². The summed E-state index contributed by atoms with van der Waals surface area (Å²) in [6, 6.07) is 1.97. The van der Waals surface area contributed by atoms with Crippen LogP contribution in [-0.4, -0.2) is 15.0 Å². The van der Waals surface area contributed by atoms with E-state index in [0.29, 0.717) is 10.8 Å². The first-order chi connectivity index (χ1) is 8.59. The fourth-order valence-electron chi connectivity index (χ4n) is 1.69. The predicted octanol–water partition coefficient (Wildman–Crippen LogP) is 2.65. The smallest absolute Gasteiger partial charge is 0.137 e. The highest BCUT2D eigenvalue weighted by Gasteiger charge is 2.14. The Hall–Kier alpha value is -1.53. The molecule has 0 aliphatic heterocycles. The van der Waals surface area contributed by atoms with Crippen molar-refractivity contribution in [3.63, 3.8) is 0 Å². The molecule has 2 aromatic heterocycles. The minimum Gasteiger partial charge on any atom is -0.389 e. The molecule has 0 fully saturated rings. The number of hydrogen-bond acceptors (Lipinski definition) is 5. The standard InChI is InChI=1S/C12H14N4S2/c1-7-3-4-14-11(9(7)10(13)17)16-8(2)12-15-5-6-18-12/h3-6,8H,1-2H3,(H2,13,17)(H,14,16). The maximum absolute atomic E-state index is 5.75. The van der Waals surface area contributed by atoms with Gasteiger partial charge in [0.1, 0.15) is 15.8 Å².